The fraction of sp³-hybridized carbons (Fsp3) is 0.273. The Morgan fingerprint density at radius 2 is 1.76 bits per heavy atom. The molecule has 7 nitrogen and oxygen atoms in total. The molecule has 0 saturated carbocycles. The van der Waals surface area contributed by atoms with E-state index in [0.29, 0.717) is 16.9 Å². The van der Waals surface area contributed by atoms with Gasteiger partial charge in [-0.05, 0) is 37.5 Å². The predicted molar refractivity (Wildman–Crippen MR) is 113 cm³/mol. The first-order valence-electron chi connectivity index (χ1n) is 9.31. The lowest BCUT2D eigenvalue weighted by molar-refractivity contribution is -0.386. The van der Waals surface area contributed by atoms with Crippen molar-refractivity contribution in [2.45, 2.75) is 40.0 Å². The minimum atomic E-state index is -0.443. The van der Waals surface area contributed by atoms with Crippen LogP contribution in [0.15, 0.2) is 48.5 Å². The van der Waals surface area contributed by atoms with Crippen LogP contribution in [0.25, 0.3) is 5.69 Å². The van der Waals surface area contributed by atoms with E-state index in [4.69, 9.17) is 0 Å². The van der Waals surface area contributed by atoms with E-state index in [-0.39, 0.29) is 11.3 Å². The zero-order valence-corrected chi connectivity index (χ0v) is 17.2. The summed E-state index contributed by atoms with van der Waals surface area (Å²) in [4.78, 5) is 23.9. The van der Waals surface area contributed by atoms with E-state index < -0.39 is 16.2 Å². The van der Waals surface area contributed by atoms with Gasteiger partial charge in [-0.25, -0.2) is 4.68 Å². The van der Waals surface area contributed by atoms with Gasteiger partial charge in [-0.2, -0.15) is 5.10 Å². The summed E-state index contributed by atoms with van der Waals surface area (Å²) in [6.07, 6.45) is 0. The second kappa shape index (κ2) is 7.50. The average Bonchev–Trinajstić information content (AvgIpc) is 2.95. The maximum absolute atomic E-state index is 12.8. The normalized spacial score (nSPS) is 11.3. The number of benzene rings is 2. The van der Waals surface area contributed by atoms with Crippen molar-refractivity contribution in [3.8, 4) is 5.69 Å². The number of carbonyl (C=O) groups excluding carboxylic acids is 1. The molecule has 0 unspecified atom stereocenters. The van der Waals surface area contributed by atoms with E-state index in [1.54, 1.807) is 16.8 Å². The van der Waals surface area contributed by atoms with Crippen LogP contribution in [0.5, 0.6) is 0 Å². The van der Waals surface area contributed by atoms with Crippen molar-refractivity contribution < 1.29 is 9.72 Å². The van der Waals surface area contributed by atoms with Crippen LogP contribution in [0.3, 0.4) is 0 Å². The van der Waals surface area contributed by atoms with Crippen molar-refractivity contribution in [1.29, 1.82) is 0 Å². The summed E-state index contributed by atoms with van der Waals surface area (Å²) in [5.41, 5.74) is 3.29. The third-order valence-corrected chi connectivity index (χ3v) is 4.80. The third kappa shape index (κ3) is 4.03. The molecular weight excluding hydrogens is 368 g/mol. The summed E-state index contributed by atoms with van der Waals surface area (Å²) in [7, 11) is 0. The summed E-state index contributed by atoms with van der Waals surface area (Å²) in [5, 5.41) is 18.9. The van der Waals surface area contributed by atoms with Gasteiger partial charge in [-0.3, -0.25) is 14.9 Å². The van der Waals surface area contributed by atoms with E-state index in [2.05, 4.69) is 10.4 Å². The summed E-state index contributed by atoms with van der Waals surface area (Å²) in [6, 6.07) is 14.2. The van der Waals surface area contributed by atoms with Gasteiger partial charge in [0.05, 0.1) is 27.7 Å². The number of nitro groups is 1. The Morgan fingerprint density at radius 3 is 2.34 bits per heavy atom. The standard InChI is InChI=1S/C22H24N4O3/c1-14-20(15(2)25(24-14)17-9-7-6-8-10-17)23-21(27)16-11-12-18(22(3,4)5)19(13-16)26(28)29/h6-13H,1-5H3,(H,23,27). The van der Waals surface area contributed by atoms with Crippen LogP contribution in [0, 0.1) is 24.0 Å². The summed E-state index contributed by atoms with van der Waals surface area (Å²) >= 11 is 0. The molecule has 0 fully saturated rings. The molecule has 0 spiro atoms. The zero-order valence-electron chi connectivity index (χ0n) is 17.2. The number of anilines is 1. The van der Waals surface area contributed by atoms with E-state index in [0.717, 1.165) is 11.4 Å². The molecule has 0 aliphatic rings. The smallest absolute Gasteiger partial charge is 0.273 e. The second-order valence-corrected chi connectivity index (χ2v) is 7.99. The molecule has 1 amide bonds. The minimum Gasteiger partial charge on any atom is -0.319 e. The third-order valence-electron chi connectivity index (χ3n) is 4.80. The van der Waals surface area contributed by atoms with Crippen molar-refractivity contribution >= 4 is 17.3 Å². The highest BCUT2D eigenvalue weighted by Gasteiger charge is 2.26. The van der Waals surface area contributed by atoms with Gasteiger partial charge in [0.15, 0.2) is 0 Å². The molecule has 3 aromatic rings. The Morgan fingerprint density at radius 1 is 1.10 bits per heavy atom. The highest BCUT2D eigenvalue weighted by molar-refractivity contribution is 6.05. The number of hydrogen-bond acceptors (Lipinski definition) is 4. The molecule has 29 heavy (non-hydrogen) atoms. The van der Waals surface area contributed by atoms with Crippen molar-refractivity contribution in [3.63, 3.8) is 0 Å². The molecule has 1 heterocycles. The fourth-order valence-corrected chi connectivity index (χ4v) is 3.29. The Hall–Kier alpha value is -3.48. The van der Waals surface area contributed by atoms with Crippen LogP contribution >= 0.6 is 0 Å². The lowest BCUT2D eigenvalue weighted by atomic mass is 9.85. The van der Waals surface area contributed by atoms with Gasteiger partial charge in [-0.1, -0.05) is 45.0 Å². The summed E-state index contributed by atoms with van der Waals surface area (Å²) in [6.45, 7) is 9.39. The number of carbonyl (C=O) groups is 1. The number of aromatic nitrogens is 2. The largest absolute Gasteiger partial charge is 0.319 e. The molecule has 150 valence electrons. The van der Waals surface area contributed by atoms with Gasteiger partial charge in [-0.15, -0.1) is 0 Å². The Balaban J connectivity index is 1.95. The van der Waals surface area contributed by atoms with E-state index in [1.165, 1.54) is 6.07 Å². The highest BCUT2D eigenvalue weighted by atomic mass is 16.6. The minimum absolute atomic E-state index is 0.0569. The van der Waals surface area contributed by atoms with E-state index in [1.807, 2.05) is 65.0 Å². The van der Waals surface area contributed by atoms with Crippen LogP contribution in [0.1, 0.15) is 48.1 Å². The van der Waals surface area contributed by atoms with E-state index in [9.17, 15) is 14.9 Å². The van der Waals surface area contributed by atoms with Crippen LogP contribution in [-0.4, -0.2) is 20.6 Å². The molecule has 7 heteroatoms. The second-order valence-electron chi connectivity index (χ2n) is 7.99. The molecule has 1 aromatic heterocycles. The molecule has 0 aliphatic heterocycles. The monoisotopic (exact) mass is 392 g/mol. The van der Waals surface area contributed by atoms with E-state index >= 15 is 0 Å². The Labute approximate surface area is 169 Å². The predicted octanol–water partition coefficient (Wildman–Crippen LogP) is 4.95. The van der Waals surface area contributed by atoms with Gasteiger partial charge in [0.25, 0.3) is 11.6 Å². The van der Waals surface area contributed by atoms with Crippen molar-refractivity contribution in [3.05, 3.63) is 81.2 Å². The number of amides is 1. The Kier molecular flexibility index (Phi) is 5.24. The van der Waals surface area contributed by atoms with Crippen molar-refractivity contribution in [2.75, 3.05) is 5.32 Å². The van der Waals surface area contributed by atoms with Crippen LogP contribution < -0.4 is 5.32 Å². The lowest BCUT2D eigenvalue weighted by Gasteiger charge is -2.19. The maximum Gasteiger partial charge on any atom is 0.273 e. The number of nitro benzene ring substituents is 1. The molecule has 2 aromatic carbocycles. The number of hydrogen-bond donors (Lipinski definition) is 1. The first-order valence-corrected chi connectivity index (χ1v) is 9.31. The first-order chi connectivity index (χ1) is 13.6. The highest BCUT2D eigenvalue weighted by Crippen LogP contribution is 2.32. The first kappa shape index (κ1) is 20.3. The van der Waals surface area contributed by atoms with Crippen molar-refractivity contribution in [1.82, 2.24) is 9.78 Å². The zero-order chi connectivity index (χ0) is 21.3. The molecule has 0 aliphatic carbocycles. The van der Waals surface area contributed by atoms with Gasteiger partial charge >= 0.3 is 0 Å². The molecule has 0 radical (unpaired) electrons. The van der Waals surface area contributed by atoms with Crippen LogP contribution in [0.4, 0.5) is 11.4 Å². The number of nitrogens with zero attached hydrogens (tertiary/aromatic N) is 3. The number of rotatable bonds is 4. The summed E-state index contributed by atoms with van der Waals surface area (Å²) in [5.74, 6) is -0.410. The molecule has 3 rings (SSSR count). The maximum atomic E-state index is 12.8. The SMILES string of the molecule is Cc1nn(-c2ccccc2)c(C)c1NC(=O)c1ccc(C(C)(C)C)c([N+](=O)[O-])c1. The lowest BCUT2D eigenvalue weighted by Crippen LogP contribution is -2.17. The molecule has 0 bridgehead atoms. The molecule has 0 atom stereocenters. The molecule has 1 N–H and O–H groups in total. The van der Waals surface area contributed by atoms with Crippen LogP contribution in [-0.2, 0) is 5.41 Å². The fourth-order valence-electron chi connectivity index (χ4n) is 3.29. The topological polar surface area (TPSA) is 90.1 Å². The van der Waals surface area contributed by atoms with Gasteiger partial charge in [0.1, 0.15) is 0 Å². The number of aryl methyl sites for hydroxylation is 1. The van der Waals surface area contributed by atoms with Gasteiger partial charge in [0, 0.05) is 17.2 Å². The average molecular weight is 392 g/mol. The van der Waals surface area contributed by atoms with Gasteiger partial charge < -0.3 is 5.32 Å². The molecular formula is C22H24N4O3. The van der Waals surface area contributed by atoms with Crippen molar-refractivity contribution in [2.24, 2.45) is 0 Å². The quantitative estimate of drug-likeness (QED) is 0.502. The number of para-hydroxylation sites is 1. The Bertz CT molecular complexity index is 1080. The van der Waals surface area contributed by atoms with Gasteiger partial charge in [0.2, 0.25) is 0 Å². The summed E-state index contributed by atoms with van der Waals surface area (Å²) < 4.78 is 1.76. The molecule has 0 saturated heterocycles. The number of nitrogens with one attached hydrogen (secondary N) is 1. The van der Waals surface area contributed by atoms with Crippen LogP contribution in [0.2, 0.25) is 0 Å².